The molecule has 1 atom stereocenters. The highest BCUT2D eigenvalue weighted by molar-refractivity contribution is 5.97. The third-order valence-electron chi connectivity index (χ3n) is 4.09. The van der Waals surface area contributed by atoms with Gasteiger partial charge in [-0.05, 0) is 12.1 Å². The topological polar surface area (TPSA) is 128 Å². The smallest absolute Gasteiger partial charge is 0.330 e. The standard InChI is InChI=1S/C20H20N6O4/c1-13-8-10-15(11-9-13)18-23-25-26(24-18)12-16(27)30-17(14-6-4-3-5-7-14)19(28)22-20(29)21-2/h3-11,17H,12H2,1-2H3,(H2,21,22,28,29)/t17-/m1/s1. The Hall–Kier alpha value is -4.08. The van der Waals surface area contributed by atoms with E-state index in [4.69, 9.17) is 4.74 Å². The zero-order valence-corrected chi connectivity index (χ0v) is 16.4. The Balaban J connectivity index is 1.71. The lowest BCUT2D eigenvalue weighted by Crippen LogP contribution is -2.41. The predicted octanol–water partition coefficient (Wildman–Crippen LogP) is 1.39. The van der Waals surface area contributed by atoms with Gasteiger partial charge in [-0.3, -0.25) is 10.1 Å². The fourth-order valence-electron chi connectivity index (χ4n) is 2.55. The fraction of sp³-hybridized carbons (Fsp3) is 0.200. The summed E-state index contributed by atoms with van der Waals surface area (Å²) in [6.45, 7) is 1.61. The van der Waals surface area contributed by atoms with Crippen molar-refractivity contribution >= 4 is 17.9 Å². The Morgan fingerprint density at radius 2 is 1.77 bits per heavy atom. The first-order valence-electron chi connectivity index (χ1n) is 9.08. The third kappa shape index (κ3) is 5.25. The molecule has 0 fully saturated rings. The molecule has 0 bridgehead atoms. The maximum atomic E-state index is 12.4. The number of amides is 3. The first kappa shape index (κ1) is 20.6. The van der Waals surface area contributed by atoms with Gasteiger partial charge in [0.05, 0.1) is 0 Å². The van der Waals surface area contributed by atoms with Crippen LogP contribution in [0.3, 0.4) is 0 Å². The Labute approximate surface area is 172 Å². The van der Waals surface area contributed by atoms with Crippen molar-refractivity contribution in [2.75, 3.05) is 7.05 Å². The van der Waals surface area contributed by atoms with Crippen molar-refractivity contribution in [3.8, 4) is 11.4 Å². The van der Waals surface area contributed by atoms with Crippen LogP contribution in [-0.2, 0) is 20.9 Å². The summed E-state index contributed by atoms with van der Waals surface area (Å²) < 4.78 is 5.32. The van der Waals surface area contributed by atoms with Crippen molar-refractivity contribution < 1.29 is 19.1 Å². The third-order valence-corrected chi connectivity index (χ3v) is 4.09. The quantitative estimate of drug-likeness (QED) is 0.590. The predicted molar refractivity (Wildman–Crippen MR) is 106 cm³/mol. The molecule has 0 saturated carbocycles. The molecule has 10 nitrogen and oxygen atoms in total. The second-order valence-electron chi connectivity index (χ2n) is 6.36. The van der Waals surface area contributed by atoms with E-state index in [-0.39, 0.29) is 6.54 Å². The Morgan fingerprint density at radius 3 is 2.43 bits per heavy atom. The van der Waals surface area contributed by atoms with E-state index in [1.165, 1.54) is 7.05 Å². The molecule has 0 radical (unpaired) electrons. The van der Waals surface area contributed by atoms with E-state index >= 15 is 0 Å². The van der Waals surface area contributed by atoms with Crippen LogP contribution in [0, 0.1) is 6.92 Å². The van der Waals surface area contributed by atoms with Gasteiger partial charge < -0.3 is 10.1 Å². The molecule has 2 N–H and O–H groups in total. The number of carbonyl (C=O) groups excluding carboxylic acids is 3. The van der Waals surface area contributed by atoms with Gasteiger partial charge in [0.15, 0.2) is 6.54 Å². The molecule has 3 aromatic rings. The SMILES string of the molecule is CNC(=O)NC(=O)[C@H](OC(=O)Cn1nnc(-c2ccc(C)cc2)n1)c1ccccc1. The molecule has 0 aliphatic rings. The van der Waals surface area contributed by atoms with Gasteiger partial charge in [0, 0.05) is 18.2 Å². The first-order chi connectivity index (χ1) is 14.5. The molecule has 0 saturated heterocycles. The van der Waals surface area contributed by atoms with Crippen molar-refractivity contribution in [1.29, 1.82) is 0 Å². The normalized spacial score (nSPS) is 11.4. The highest BCUT2D eigenvalue weighted by Crippen LogP contribution is 2.18. The molecular weight excluding hydrogens is 388 g/mol. The number of rotatable bonds is 6. The largest absolute Gasteiger partial charge is 0.446 e. The number of nitrogens with one attached hydrogen (secondary N) is 2. The van der Waals surface area contributed by atoms with E-state index in [2.05, 4.69) is 26.0 Å². The number of esters is 1. The minimum absolute atomic E-state index is 0.352. The van der Waals surface area contributed by atoms with Crippen molar-refractivity contribution in [2.24, 2.45) is 0 Å². The van der Waals surface area contributed by atoms with Crippen LogP contribution in [0.5, 0.6) is 0 Å². The van der Waals surface area contributed by atoms with Crippen molar-refractivity contribution in [3.63, 3.8) is 0 Å². The zero-order chi connectivity index (χ0) is 21.5. The number of carbonyl (C=O) groups is 3. The van der Waals surface area contributed by atoms with Crippen LogP contribution in [-0.4, -0.2) is 45.2 Å². The monoisotopic (exact) mass is 408 g/mol. The molecule has 3 rings (SSSR count). The van der Waals surface area contributed by atoms with Crippen LogP contribution in [0.2, 0.25) is 0 Å². The molecule has 1 heterocycles. The van der Waals surface area contributed by atoms with Gasteiger partial charge in [-0.15, -0.1) is 10.2 Å². The molecule has 30 heavy (non-hydrogen) atoms. The molecule has 0 spiro atoms. The highest BCUT2D eigenvalue weighted by Gasteiger charge is 2.26. The number of urea groups is 1. The summed E-state index contributed by atoms with van der Waals surface area (Å²) in [6.07, 6.45) is -1.31. The maximum absolute atomic E-state index is 12.4. The van der Waals surface area contributed by atoms with Gasteiger partial charge in [-0.2, -0.15) is 4.80 Å². The number of imide groups is 1. The maximum Gasteiger partial charge on any atom is 0.330 e. The molecule has 3 amide bonds. The number of hydrogen-bond donors (Lipinski definition) is 2. The number of ether oxygens (including phenoxy) is 1. The number of benzene rings is 2. The van der Waals surface area contributed by atoms with Gasteiger partial charge in [0.2, 0.25) is 11.9 Å². The average Bonchev–Trinajstić information content (AvgIpc) is 3.21. The summed E-state index contributed by atoms with van der Waals surface area (Å²) in [5, 5.41) is 16.3. The molecule has 0 aliphatic carbocycles. The van der Waals surface area contributed by atoms with Crippen molar-refractivity contribution in [2.45, 2.75) is 19.6 Å². The fourth-order valence-corrected chi connectivity index (χ4v) is 2.55. The van der Waals surface area contributed by atoms with Gasteiger partial charge >= 0.3 is 12.0 Å². The number of nitrogens with zero attached hydrogens (tertiary/aromatic N) is 4. The Morgan fingerprint density at radius 1 is 1.07 bits per heavy atom. The summed E-state index contributed by atoms with van der Waals surface area (Å²) in [5.41, 5.74) is 2.27. The van der Waals surface area contributed by atoms with E-state index in [1.807, 2.05) is 31.2 Å². The Kier molecular flexibility index (Phi) is 6.48. The second kappa shape index (κ2) is 9.41. The lowest BCUT2D eigenvalue weighted by atomic mass is 10.1. The number of aromatic nitrogens is 4. The summed E-state index contributed by atoms with van der Waals surface area (Å²) in [7, 11) is 1.37. The molecule has 0 aliphatic heterocycles. The second-order valence-corrected chi connectivity index (χ2v) is 6.36. The van der Waals surface area contributed by atoms with Crippen molar-refractivity contribution in [3.05, 3.63) is 65.7 Å². The molecule has 154 valence electrons. The van der Waals surface area contributed by atoms with E-state index in [0.29, 0.717) is 11.4 Å². The summed E-state index contributed by atoms with van der Waals surface area (Å²) >= 11 is 0. The van der Waals surface area contributed by atoms with Gasteiger partial charge in [-0.25, -0.2) is 9.59 Å². The van der Waals surface area contributed by atoms with Crippen LogP contribution in [0.4, 0.5) is 4.79 Å². The lowest BCUT2D eigenvalue weighted by molar-refractivity contribution is -0.157. The van der Waals surface area contributed by atoms with Crippen LogP contribution >= 0.6 is 0 Å². The van der Waals surface area contributed by atoms with Crippen LogP contribution in [0.1, 0.15) is 17.2 Å². The Bertz CT molecular complexity index is 1030. The minimum Gasteiger partial charge on any atom is -0.446 e. The van der Waals surface area contributed by atoms with E-state index in [9.17, 15) is 14.4 Å². The molecule has 10 heteroatoms. The molecular formula is C20H20N6O4. The number of hydrogen-bond acceptors (Lipinski definition) is 7. The number of tetrazole rings is 1. The summed E-state index contributed by atoms with van der Waals surface area (Å²) in [5.74, 6) is -1.18. The van der Waals surface area contributed by atoms with Gasteiger partial charge in [-0.1, -0.05) is 60.2 Å². The lowest BCUT2D eigenvalue weighted by Gasteiger charge is -2.17. The summed E-state index contributed by atoms with van der Waals surface area (Å²) in [4.78, 5) is 37.4. The highest BCUT2D eigenvalue weighted by atomic mass is 16.5. The zero-order valence-electron chi connectivity index (χ0n) is 16.4. The number of aryl methyl sites for hydroxylation is 1. The molecule has 1 aromatic heterocycles. The van der Waals surface area contributed by atoms with Crippen LogP contribution in [0.15, 0.2) is 54.6 Å². The van der Waals surface area contributed by atoms with Crippen LogP contribution in [0.25, 0.3) is 11.4 Å². The summed E-state index contributed by atoms with van der Waals surface area (Å²) in [6, 6.07) is 15.2. The van der Waals surface area contributed by atoms with Crippen LogP contribution < -0.4 is 10.6 Å². The van der Waals surface area contributed by atoms with E-state index in [1.54, 1.807) is 30.3 Å². The van der Waals surface area contributed by atoms with Gasteiger partial charge in [0.25, 0.3) is 5.91 Å². The minimum atomic E-state index is -1.31. The van der Waals surface area contributed by atoms with E-state index in [0.717, 1.165) is 15.9 Å². The molecule has 2 aromatic carbocycles. The van der Waals surface area contributed by atoms with Gasteiger partial charge in [0.1, 0.15) is 0 Å². The molecule has 0 unspecified atom stereocenters. The first-order valence-corrected chi connectivity index (χ1v) is 9.08. The average molecular weight is 408 g/mol. The van der Waals surface area contributed by atoms with E-state index < -0.39 is 24.0 Å². The van der Waals surface area contributed by atoms with Crippen molar-refractivity contribution in [1.82, 2.24) is 30.8 Å².